The monoisotopic (exact) mass is 369 g/mol. The maximum absolute atomic E-state index is 13.0. The van der Waals surface area contributed by atoms with Gasteiger partial charge in [-0.2, -0.15) is 4.80 Å². The van der Waals surface area contributed by atoms with Crippen molar-refractivity contribution in [2.24, 2.45) is 5.92 Å². The number of piperidine rings is 1. The van der Waals surface area contributed by atoms with Crippen LogP contribution in [0.15, 0.2) is 43.0 Å². The second kappa shape index (κ2) is 7.65. The summed E-state index contributed by atoms with van der Waals surface area (Å²) in [7, 11) is 0. The number of carbonyl (C=O) groups excluding carboxylic acids is 1. The molecule has 4 rings (SSSR count). The van der Waals surface area contributed by atoms with Gasteiger partial charge in [-0.1, -0.05) is 0 Å². The third-order valence-electron chi connectivity index (χ3n) is 4.73. The van der Waals surface area contributed by atoms with Gasteiger partial charge >= 0.3 is 0 Å². The number of imidazole rings is 1. The molecule has 1 saturated heterocycles. The maximum Gasteiger partial charge on any atom is 0.246 e. The van der Waals surface area contributed by atoms with E-state index < -0.39 is 0 Å². The Morgan fingerprint density at radius 2 is 2.11 bits per heavy atom. The summed E-state index contributed by atoms with van der Waals surface area (Å²) in [6.45, 7) is 2.38. The van der Waals surface area contributed by atoms with Crippen LogP contribution in [0.25, 0.3) is 11.4 Å². The van der Waals surface area contributed by atoms with Crippen LogP contribution in [0.4, 0.5) is 4.39 Å². The van der Waals surface area contributed by atoms with Crippen LogP contribution in [0.3, 0.4) is 0 Å². The lowest BCUT2D eigenvalue weighted by atomic mass is 9.98. The van der Waals surface area contributed by atoms with Crippen LogP contribution in [0.5, 0.6) is 0 Å². The van der Waals surface area contributed by atoms with Crippen molar-refractivity contribution in [2.45, 2.75) is 25.9 Å². The van der Waals surface area contributed by atoms with Gasteiger partial charge in [-0.05, 0) is 48.2 Å². The Kier molecular flexibility index (Phi) is 4.91. The number of aromatic nitrogens is 6. The van der Waals surface area contributed by atoms with Crippen molar-refractivity contribution in [3.63, 3.8) is 0 Å². The molecule has 1 aliphatic rings. The summed E-state index contributed by atoms with van der Waals surface area (Å²) in [5, 5.41) is 12.1. The molecule has 0 saturated carbocycles. The van der Waals surface area contributed by atoms with Gasteiger partial charge in [-0.25, -0.2) is 9.37 Å². The summed E-state index contributed by atoms with van der Waals surface area (Å²) < 4.78 is 15.1. The van der Waals surface area contributed by atoms with Crippen LogP contribution in [-0.4, -0.2) is 53.7 Å². The Balaban J connectivity index is 1.36. The van der Waals surface area contributed by atoms with E-state index in [4.69, 9.17) is 0 Å². The van der Waals surface area contributed by atoms with E-state index in [0.717, 1.165) is 32.5 Å². The van der Waals surface area contributed by atoms with Crippen LogP contribution >= 0.6 is 0 Å². The molecule has 9 heteroatoms. The molecule has 0 bridgehead atoms. The fourth-order valence-electron chi connectivity index (χ4n) is 3.38. The van der Waals surface area contributed by atoms with Crippen molar-refractivity contribution < 1.29 is 9.18 Å². The molecule has 8 nitrogen and oxygen atoms in total. The number of halogens is 1. The number of rotatable bonds is 5. The number of tetrazole rings is 1. The third kappa shape index (κ3) is 4.18. The number of nitrogens with zero attached hydrogens (tertiary/aromatic N) is 7. The molecule has 1 aliphatic heterocycles. The Labute approximate surface area is 155 Å². The van der Waals surface area contributed by atoms with Gasteiger partial charge < -0.3 is 9.47 Å². The van der Waals surface area contributed by atoms with Crippen LogP contribution in [-0.2, 0) is 17.9 Å². The lowest BCUT2D eigenvalue weighted by molar-refractivity contribution is -0.134. The molecule has 1 aromatic carbocycles. The van der Waals surface area contributed by atoms with Gasteiger partial charge in [0.2, 0.25) is 11.7 Å². The highest BCUT2D eigenvalue weighted by Crippen LogP contribution is 2.19. The Bertz CT molecular complexity index is 891. The minimum absolute atomic E-state index is 0.0200. The van der Waals surface area contributed by atoms with E-state index in [1.54, 1.807) is 24.7 Å². The van der Waals surface area contributed by atoms with Crippen LogP contribution in [0, 0.1) is 11.7 Å². The lowest BCUT2D eigenvalue weighted by Crippen LogP contribution is -2.42. The minimum atomic E-state index is -0.323. The normalized spacial score (nSPS) is 17.2. The minimum Gasteiger partial charge on any atom is -0.341 e. The summed E-state index contributed by atoms with van der Waals surface area (Å²) >= 11 is 0. The second-order valence-electron chi connectivity index (χ2n) is 6.76. The van der Waals surface area contributed by atoms with Crippen molar-refractivity contribution in [3.8, 4) is 11.4 Å². The summed E-state index contributed by atoms with van der Waals surface area (Å²) in [6, 6.07) is 5.86. The van der Waals surface area contributed by atoms with Crippen LogP contribution in [0.2, 0.25) is 0 Å². The molecular formula is C18H20FN7O. The largest absolute Gasteiger partial charge is 0.341 e. The molecule has 0 spiro atoms. The Morgan fingerprint density at radius 3 is 2.89 bits per heavy atom. The molecule has 0 radical (unpaired) electrons. The van der Waals surface area contributed by atoms with E-state index in [1.807, 2.05) is 15.7 Å². The fourth-order valence-corrected chi connectivity index (χ4v) is 3.38. The summed E-state index contributed by atoms with van der Waals surface area (Å²) in [5.41, 5.74) is 0.661. The smallest absolute Gasteiger partial charge is 0.246 e. The van der Waals surface area contributed by atoms with Gasteiger partial charge in [0.15, 0.2) is 0 Å². The molecule has 27 heavy (non-hydrogen) atoms. The van der Waals surface area contributed by atoms with Gasteiger partial charge in [0.05, 0.1) is 6.33 Å². The average Bonchev–Trinajstić information content (AvgIpc) is 3.35. The molecule has 1 atom stereocenters. The highest BCUT2D eigenvalue weighted by Gasteiger charge is 2.24. The lowest BCUT2D eigenvalue weighted by Gasteiger charge is -2.32. The molecule has 1 fully saturated rings. The van der Waals surface area contributed by atoms with E-state index in [0.29, 0.717) is 17.3 Å². The van der Waals surface area contributed by atoms with E-state index >= 15 is 0 Å². The summed E-state index contributed by atoms with van der Waals surface area (Å²) in [5.74, 6) is 0.444. The SMILES string of the molecule is O=C(Cn1nnc(-c2ccc(F)cc2)n1)N1CCCC(Cn2ccnc2)C1. The molecule has 0 aliphatic carbocycles. The molecule has 0 N–H and O–H groups in total. The van der Waals surface area contributed by atoms with Crippen molar-refractivity contribution in [3.05, 3.63) is 48.8 Å². The average molecular weight is 369 g/mol. The topological polar surface area (TPSA) is 81.7 Å². The van der Waals surface area contributed by atoms with Crippen molar-refractivity contribution in [2.75, 3.05) is 13.1 Å². The van der Waals surface area contributed by atoms with Crippen molar-refractivity contribution >= 4 is 5.91 Å². The van der Waals surface area contributed by atoms with Gasteiger partial charge in [-0.15, -0.1) is 10.2 Å². The number of carbonyl (C=O) groups is 1. The molecule has 1 unspecified atom stereocenters. The summed E-state index contributed by atoms with van der Waals surface area (Å²) in [6.07, 6.45) is 7.59. The number of hydrogen-bond donors (Lipinski definition) is 0. The highest BCUT2D eigenvalue weighted by atomic mass is 19.1. The molecule has 140 valence electrons. The first-order valence-electron chi connectivity index (χ1n) is 8.94. The number of amides is 1. The van der Waals surface area contributed by atoms with E-state index in [2.05, 4.69) is 20.4 Å². The van der Waals surface area contributed by atoms with Crippen LogP contribution < -0.4 is 0 Å². The van der Waals surface area contributed by atoms with E-state index in [1.165, 1.54) is 16.9 Å². The number of hydrogen-bond acceptors (Lipinski definition) is 5. The standard InChI is InChI=1S/C18H20FN7O/c19-16-5-3-15(4-6-16)18-21-23-26(22-18)12-17(27)25-8-1-2-14(11-25)10-24-9-7-20-13-24/h3-7,9,13-14H,1-2,8,10-12H2. The third-order valence-corrected chi connectivity index (χ3v) is 4.73. The van der Waals surface area contributed by atoms with Crippen LogP contribution in [0.1, 0.15) is 12.8 Å². The van der Waals surface area contributed by atoms with Gasteiger partial charge in [0, 0.05) is 37.6 Å². The van der Waals surface area contributed by atoms with Crippen molar-refractivity contribution in [1.29, 1.82) is 0 Å². The molecule has 2 aromatic heterocycles. The first-order chi connectivity index (χ1) is 13.2. The molecule has 3 aromatic rings. The van der Waals surface area contributed by atoms with Gasteiger partial charge in [-0.3, -0.25) is 4.79 Å². The zero-order valence-electron chi connectivity index (χ0n) is 14.8. The quantitative estimate of drug-likeness (QED) is 0.683. The Hall–Kier alpha value is -3.10. The Morgan fingerprint density at radius 1 is 1.26 bits per heavy atom. The molecule has 1 amide bonds. The molecular weight excluding hydrogens is 349 g/mol. The van der Waals surface area contributed by atoms with Crippen molar-refractivity contribution in [1.82, 2.24) is 34.7 Å². The number of benzene rings is 1. The first-order valence-corrected chi connectivity index (χ1v) is 8.94. The zero-order valence-corrected chi connectivity index (χ0v) is 14.8. The number of likely N-dealkylation sites (tertiary alicyclic amines) is 1. The summed E-state index contributed by atoms with van der Waals surface area (Å²) in [4.78, 5) is 19.9. The predicted octanol–water partition coefficient (Wildman–Crippen LogP) is 1.61. The molecule has 3 heterocycles. The van der Waals surface area contributed by atoms with E-state index in [-0.39, 0.29) is 18.3 Å². The van der Waals surface area contributed by atoms with E-state index in [9.17, 15) is 9.18 Å². The maximum atomic E-state index is 13.0. The van der Waals surface area contributed by atoms with Gasteiger partial charge in [0.1, 0.15) is 12.4 Å². The van der Waals surface area contributed by atoms with Gasteiger partial charge in [0.25, 0.3) is 0 Å². The highest BCUT2D eigenvalue weighted by molar-refractivity contribution is 5.75. The first kappa shape index (κ1) is 17.3. The predicted molar refractivity (Wildman–Crippen MR) is 94.7 cm³/mol. The zero-order chi connectivity index (χ0) is 18.6. The fraction of sp³-hybridized carbons (Fsp3) is 0.389. The second-order valence-corrected chi connectivity index (χ2v) is 6.76.